The average Bonchev–Trinajstić information content (AvgIpc) is 4.10. The monoisotopic (exact) mass is 854 g/mol. The summed E-state index contributed by atoms with van der Waals surface area (Å²) in [7, 11) is 0. The predicted molar refractivity (Wildman–Crippen MR) is 274 cm³/mol. The molecule has 0 aliphatic rings. The summed E-state index contributed by atoms with van der Waals surface area (Å²) in [5, 5.41) is 11.7. The van der Waals surface area contributed by atoms with E-state index < -0.39 is 0 Å². The van der Waals surface area contributed by atoms with E-state index in [0.29, 0.717) is 0 Å². The van der Waals surface area contributed by atoms with Crippen LogP contribution in [-0.2, 0) is 0 Å². The third kappa shape index (κ3) is 5.53. The number of hydrogen-bond donors (Lipinski definition) is 0. The number of furan rings is 2. The summed E-state index contributed by atoms with van der Waals surface area (Å²) in [4.78, 5) is 4.64. The summed E-state index contributed by atoms with van der Waals surface area (Å²) in [6.45, 7) is 0. The van der Waals surface area contributed by atoms with Gasteiger partial charge >= 0.3 is 0 Å². The number of benzene rings is 10. The molecule has 14 rings (SSSR count). The molecule has 0 N–H and O–H groups in total. The molecule has 0 aliphatic carbocycles. The van der Waals surface area contributed by atoms with E-state index >= 15 is 0 Å². The standard InChI is InChI=1S/C58H34N2O2S2/c1-3-11-37(12-4-1)59(41-21-25-47-45-15-7-9-17-55(45)63-57(47)33-41)39-19-23-43-49-27-35-30-52-50(28-36(35)29-51(49)61-53(43)31-39)44-24-20-40(32-54(44)62-52)60(38-13-5-2-6-14-38)42-22-26-48-46-16-8-10-18-56(46)64-58(48)34-42/h1-34H. The molecule has 0 aliphatic heterocycles. The average molecular weight is 855 g/mol. The Morgan fingerprint density at radius 1 is 0.250 bits per heavy atom. The molecule has 0 amide bonds. The number of rotatable bonds is 6. The van der Waals surface area contributed by atoms with Crippen LogP contribution in [0.15, 0.2) is 215 Å². The Morgan fingerprint density at radius 3 is 1.06 bits per heavy atom. The summed E-state index contributed by atoms with van der Waals surface area (Å²) in [5.41, 5.74) is 9.90. The smallest absolute Gasteiger partial charge is 0.137 e. The van der Waals surface area contributed by atoms with E-state index in [0.717, 1.165) is 88.8 Å². The van der Waals surface area contributed by atoms with Gasteiger partial charge in [0.25, 0.3) is 0 Å². The molecule has 300 valence electrons. The molecule has 0 atom stereocenters. The van der Waals surface area contributed by atoms with Crippen molar-refractivity contribution in [3.63, 3.8) is 0 Å². The maximum absolute atomic E-state index is 6.73. The zero-order valence-electron chi connectivity index (χ0n) is 34.2. The Bertz CT molecular complexity index is 3890. The lowest BCUT2D eigenvalue weighted by molar-refractivity contribution is 0.668. The van der Waals surface area contributed by atoms with E-state index in [1.807, 2.05) is 22.7 Å². The molecule has 0 spiro atoms. The summed E-state index contributed by atoms with van der Waals surface area (Å²) in [6, 6.07) is 74.1. The second kappa shape index (κ2) is 13.8. The molecule has 64 heavy (non-hydrogen) atoms. The molecule has 4 nitrogen and oxygen atoms in total. The van der Waals surface area contributed by atoms with Crippen molar-refractivity contribution in [2.75, 3.05) is 9.80 Å². The fraction of sp³-hybridized carbons (Fsp3) is 0. The number of thiophene rings is 2. The Hall–Kier alpha value is -7.90. The number of hydrogen-bond acceptors (Lipinski definition) is 6. The van der Waals surface area contributed by atoms with Crippen molar-refractivity contribution in [1.29, 1.82) is 0 Å². The van der Waals surface area contributed by atoms with Crippen LogP contribution in [0.25, 0.3) is 95.0 Å². The molecule has 0 saturated heterocycles. The van der Waals surface area contributed by atoms with Crippen molar-refractivity contribution in [3.05, 3.63) is 206 Å². The minimum absolute atomic E-state index is 0.850. The first-order valence-electron chi connectivity index (χ1n) is 21.5. The van der Waals surface area contributed by atoms with Crippen LogP contribution in [-0.4, -0.2) is 0 Å². The highest BCUT2D eigenvalue weighted by Gasteiger charge is 2.20. The molecule has 0 bridgehead atoms. The zero-order valence-corrected chi connectivity index (χ0v) is 35.8. The normalized spacial score (nSPS) is 12.1. The van der Waals surface area contributed by atoms with Gasteiger partial charge in [-0.3, -0.25) is 0 Å². The van der Waals surface area contributed by atoms with Gasteiger partial charge in [0.05, 0.1) is 0 Å². The zero-order chi connectivity index (χ0) is 41.9. The molecule has 0 radical (unpaired) electrons. The lowest BCUT2D eigenvalue weighted by Gasteiger charge is -2.25. The molecule has 4 heterocycles. The highest BCUT2D eigenvalue weighted by molar-refractivity contribution is 7.26. The van der Waals surface area contributed by atoms with Gasteiger partial charge in [0.15, 0.2) is 0 Å². The van der Waals surface area contributed by atoms with Crippen molar-refractivity contribution in [1.82, 2.24) is 0 Å². The Balaban J connectivity index is 0.858. The molecule has 0 saturated carbocycles. The number of anilines is 6. The first-order valence-corrected chi connectivity index (χ1v) is 23.1. The van der Waals surface area contributed by atoms with E-state index in [9.17, 15) is 0 Å². The SMILES string of the molecule is c1ccc(N(c2ccc3c(c2)oc2cc4cc5c(cc4cc23)oc2cc(N(c3ccccc3)c3ccc4c(c3)sc3ccccc34)ccc25)c2ccc3c(c2)sc2ccccc23)cc1. The third-order valence-electron chi connectivity index (χ3n) is 12.8. The third-order valence-corrected chi connectivity index (χ3v) is 15.0. The van der Waals surface area contributed by atoms with Crippen LogP contribution in [0.5, 0.6) is 0 Å². The second-order valence-corrected chi connectivity index (χ2v) is 18.7. The van der Waals surface area contributed by atoms with Crippen molar-refractivity contribution >= 4 is 152 Å². The van der Waals surface area contributed by atoms with Gasteiger partial charge in [0.2, 0.25) is 0 Å². The highest BCUT2D eigenvalue weighted by atomic mass is 32.1. The van der Waals surface area contributed by atoms with E-state index in [1.165, 1.54) is 40.3 Å². The van der Waals surface area contributed by atoms with Gasteiger partial charge in [0.1, 0.15) is 22.3 Å². The molecule has 4 aromatic heterocycles. The van der Waals surface area contributed by atoms with Gasteiger partial charge in [-0.15, -0.1) is 22.7 Å². The molecular formula is C58H34N2O2S2. The summed E-state index contributed by atoms with van der Waals surface area (Å²) < 4.78 is 18.6. The molecular weight excluding hydrogens is 821 g/mol. The number of para-hydroxylation sites is 2. The molecule has 6 heteroatoms. The summed E-state index contributed by atoms with van der Waals surface area (Å²) >= 11 is 3.68. The van der Waals surface area contributed by atoms with Gasteiger partial charge in [-0.2, -0.15) is 0 Å². The van der Waals surface area contributed by atoms with Gasteiger partial charge in [-0.25, -0.2) is 0 Å². The van der Waals surface area contributed by atoms with Crippen molar-refractivity contribution < 1.29 is 8.83 Å². The molecule has 14 aromatic rings. The second-order valence-electron chi connectivity index (χ2n) is 16.5. The highest BCUT2D eigenvalue weighted by Crippen LogP contribution is 2.45. The van der Waals surface area contributed by atoms with Crippen LogP contribution >= 0.6 is 22.7 Å². The predicted octanol–water partition coefficient (Wildman–Crippen LogP) is 18.3. The van der Waals surface area contributed by atoms with E-state index in [4.69, 9.17) is 8.83 Å². The summed E-state index contributed by atoms with van der Waals surface area (Å²) in [5.74, 6) is 0. The first kappa shape index (κ1) is 35.7. The Morgan fingerprint density at radius 2 is 0.609 bits per heavy atom. The molecule has 0 unspecified atom stereocenters. The van der Waals surface area contributed by atoms with Gasteiger partial charge in [-0.05, 0) is 120 Å². The van der Waals surface area contributed by atoms with Crippen LogP contribution in [0.3, 0.4) is 0 Å². The van der Waals surface area contributed by atoms with Gasteiger partial charge < -0.3 is 18.6 Å². The Labute approximate surface area is 374 Å². The van der Waals surface area contributed by atoms with E-state index in [2.05, 4.69) is 216 Å². The molecule has 10 aromatic carbocycles. The number of nitrogens with zero attached hydrogens (tertiary/aromatic N) is 2. The molecule has 0 fully saturated rings. The van der Waals surface area contributed by atoms with Gasteiger partial charge in [-0.1, -0.05) is 84.9 Å². The van der Waals surface area contributed by atoms with E-state index in [1.54, 1.807) is 0 Å². The quantitative estimate of drug-likeness (QED) is 0.167. The van der Waals surface area contributed by atoms with Crippen LogP contribution in [0.1, 0.15) is 0 Å². The van der Waals surface area contributed by atoms with E-state index in [-0.39, 0.29) is 0 Å². The van der Waals surface area contributed by atoms with Crippen molar-refractivity contribution in [2.45, 2.75) is 0 Å². The van der Waals surface area contributed by atoms with Crippen LogP contribution < -0.4 is 9.80 Å². The first-order chi connectivity index (χ1) is 31.7. The number of fused-ring (bicyclic) bond motifs is 13. The van der Waals surface area contributed by atoms with Crippen LogP contribution in [0, 0.1) is 0 Å². The van der Waals surface area contributed by atoms with Crippen molar-refractivity contribution in [2.24, 2.45) is 0 Å². The summed E-state index contributed by atoms with van der Waals surface area (Å²) in [6.07, 6.45) is 0. The van der Waals surface area contributed by atoms with Gasteiger partial charge in [0, 0.05) is 108 Å². The lowest BCUT2D eigenvalue weighted by Crippen LogP contribution is -2.09. The maximum Gasteiger partial charge on any atom is 0.137 e. The topological polar surface area (TPSA) is 32.8 Å². The Kier molecular flexibility index (Phi) is 7.69. The minimum Gasteiger partial charge on any atom is -0.456 e. The van der Waals surface area contributed by atoms with Crippen LogP contribution in [0.2, 0.25) is 0 Å². The fourth-order valence-electron chi connectivity index (χ4n) is 9.80. The van der Waals surface area contributed by atoms with Crippen LogP contribution in [0.4, 0.5) is 34.1 Å². The fourth-order valence-corrected chi connectivity index (χ4v) is 12.1. The lowest BCUT2D eigenvalue weighted by atomic mass is 10.0. The maximum atomic E-state index is 6.73. The minimum atomic E-state index is 0.850. The van der Waals surface area contributed by atoms with Crippen molar-refractivity contribution in [3.8, 4) is 0 Å². The largest absolute Gasteiger partial charge is 0.456 e.